The van der Waals surface area contributed by atoms with Crippen molar-refractivity contribution in [3.8, 4) is 0 Å². The lowest BCUT2D eigenvalue weighted by Crippen LogP contribution is -2.60. The van der Waals surface area contributed by atoms with Gasteiger partial charge in [0.15, 0.2) is 0 Å². The van der Waals surface area contributed by atoms with Gasteiger partial charge in [0.25, 0.3) is 5.92 Å². The van der Waals surface area contributed by atoms with Crippen LogP contribution in [0.3, 0.4) is 0 Å². The molecule has 172 valence electrons. The highest BCUT2D eigenvalue weighted by Crippen LogP contribution is 2.70. The van der Waals surface area contributed by atoms with Gasteiger partial charge >= 0.3 is 0 Å². The van der Waals surface area contributed by atoms with Gasteiger partial charge in [-0.1, -0.05) is 20.8 Å². The molecule has 4 aliphatic carbocycles. The molecule has 0 spiro atoms. The number of hydrogen-bond donors (Lipinski definition) is 1. The fourth-order valence-corrected chi connectivity index (χ4v) is 8.83. The first-order valence-corrected chi connectivity index (χ1v) is 12.4. The molecule has 4 rings (SSSR count). The van der Waals surface area contributed by atoms with E-state index < -0.39 is 17.4 Å². The molecule has 8 atom stereocenters. The lowest BCUT2D eigenvalue weighted by molar-refractivity contribution is -0.223. The Hall–Kier alpha value is -0.510. The number of carbonyl (C=O) groups is 1. The summed E-state index contributed by atoms with van der Waals surface area (Å²) >= 11 is 0. The van der Waals surface area contributed by atoms with E-state index in [1.807, 2.05) is 13.8 Å². The third-order valence-corrected chi connectivity index (χ3v) is 10.4. The summed E-state index contributed by atoms with van der Waals surface area (Å²) in [5, 5.41) is 10.2. The minimum atomic E-state index is -2.71. The first kappa shape index (κ1) is 22.7. The molecule has 30 heavy (non-hydrogen) atoms. The topological polar surface area (TPSA) is 37.3 Å². The van der Waals surface area contributed by atoms with E-state index in [2.05, 4.69) is 20.8 Å². The van der Waals surface area contributed by atoms with E-state index in [9.17, 15) is 9.90 Å². The Morgan fingerprint density at radius 2 is 1.77 bits per heavy atom. The first-order chi connectivity index (χ1) is 13.8. The monoisotopic (exact) mass is 424 g/mol. The predicted molar refractivity (Wildman–Crippen MR) is 115 cm³/mol. The van der Waals surface area contributed by atoms with E-state index in [1.54, 1.807) is 0 Å². The predicted octanol–water partition coefficient (Wildman–Crippen LogP) is 6.65. The molecule has 4 aliphatic rings. The van der Waals surface area contributed by atoms with Crippen molar-refractivity contribution in [2.75, 3.05) is 0 Å². The minimum Gasteiger partial charge on any atom is -0.390 e. The summed E-state index contributed by atoms with van der Waals surface area (Å²) < 4.78 is 30.9. The number of Topliss-reactive ketones (excluding diaryl/α,β-unsaturated/α-hetero) is 1. The molecule has 4 fully saturated rings. The molecule has 0 heterocycles. The molecule has 2 nitrogen and oxygen atoms in total. The number of aliphatic hydroxyl groups is 1. The van der Waals surface area contributed by atoms with Crippen molar-refractivity contribution >= 4 is 5.78 Å². The Kier molecular flexibility index (Phi) is 5.48. The molecular formula is C26H42F2O2. The molecule has 0 saturated heterocycles. The summed E-state index contributed by atoms with van der Waals surface area (Å²) in [5.74, 6) is -1.52. The largest absolute Gasteiger partial charge is 0.390 e. The van der Waals surface area contributed by atoms with Gasteiger partial charge in [0.05, 0.1) is 5.60 Å². The SMILES string of the molecule is C[C@H](CCC(C)(C)O)[C@H]1CC[C@H]2[C@@H]3CC(F)(F)[C@H]4CC(=O)CC[C@]4(C)[C@H]3CC[C@]12C. The molecule has 4 heteroatoms. The summed E-state index contributed by atoms with van der Waals surface area (Å²) in [5.41, 5.74) is -0.880. The van der Waals surface area contributed by atoms with Crippen molar-refractivity contribution < 1.29 is 18.7 Å². The molecular weight excluding hydrogens is 382 g/mol. The van der Waals surface area contributed by atoms with Crippen molar-refractivity contribution in [1.29, 1.82) is 0 Å². The Balaban J connectivity index is 1.57. The number of carbonyl (C=O) groups excluding carboxylic acids is 1. The summed E-state index contributed by atoms with van der Waals surface area (Å²) in [4.78, 5) is 12.0. The zero-order chi connectivity index (χ0) is 22.1. The van der Waals surface area contributed by atoms with Crippen LogP contribution in [-0.4, -0.2) is 22.4 Å². The molecule has 4 saturated carbocycles. The van der Waals surface area contributed by atoms with Crippen LogP contribution in [-0.2, 0) is 4.79 Å². The highest BCUT2D eigenvalue weighted by Gasteiger charge is 2.67. The van der Waals surface area contributed by atoms with E-state index in [1.165, 1.54) is 0 Å². The van der Waals surface area contributed by atoms with E-state index in [-0.39, 0.29) is 35.4 Å². The Bertz CT molecular complexity index is 683. The normalized spacial score (nSPS) is 46.7. The fraction of sp³-hybridized carbons (Fsp3) is 0.962. The average Bonchev–Trinajstić information content (AvgIpc) is 2.98. The van der Waals surface area contributed by atoms with Crippen LogP contribution in [0.4, 0.5) is 8.78 Å². The highest BCUT2D eigenvalue weighted by molar-refractivity contribution is 5.79. The van der Waals surface area contributed by atoms with E-state index in [4.69, 9.17) is 0 Å². The maximum Gasteiger partial charge on any atom is 0.252 e. The van der Waals surface area contributed by atoms with Crippen molar-refractivity contribution in [3.63, 3.8) is 0 Å². The van der Waals surface area contributed by atoms with E-state index in [0.29, 0.717) is 36.5 Å². The van der Waals surface area contributed by atoms with Crippen molar-refractivity contribution in [3.05, 3.63) is 0 Å². The molecule has 0 aromatic rings. The quantitative estimate of drug-likeness (QED) is 0.549. The third kappa shape index (κ3) is 3.57. The number of rotatable bonds is 4. The van der Waals surface area contributed by atoms with Crippen LogP contribution in [0.25, 0.3) is 0 Å². The van der Waals surface area contributed by atoms with Crippen LogP contribution in [0.2, 0.25) is 0 Å². The maximum atomic E-state index is 15.4. The zero-order valence-electron chi connectivity index (χ0n) is 19.6. The second-order valence-corrected chi connectivity index (χ2v) is 12.7. The van der Waals surface area contributed by atoms with Gasteiger partial charge < -0.3 is 5.11 Å². The Morgan fingerprint density at radius 1 is 1.10 bits per heavy atom. The van der Waals surface area contributed by atoms with Gasteiger partial charge in [-0.2, -0.15) is 0 Å². The summed E-state index contributed by atoms with van der Waals surface area (Å²) in [7, 11) is 0. The highest BCUT2D eigenvalue weighted by atomic mass is 19.3. The van der Waals surface area contributed by atoms with Gasteiger partial charge in [0.1, 0.15) is 5.78 Å². The standard InChI is InChI=1S/C26H42F2O2/c1-16(8-11-23(2,3)30)19-6-7-20-18-15-26(27,28)22-14-17(29)9-12-25(22,5)21(18)10-13-24(19,20)4/h16,18-22,30H,6-15H2,1-5H3/t16-,18+,19-,20+,21+,22+,24-,25-/m1/s1. The summed E-state index contributed by atoms with van der Waals surface area (Å²) in [6.07, 6.45) is 7.43. The van der Waals surface area contributed by atoms with Crippen LogP contribution < -0.4 is 0 Å². The molecule has 1 N–H and O–H groups in total. The Morgan fingerprint density at radius 3 is 2.43 bits per heavy atom. The number of hydrogen-bond acceptors (Lipinski definition) is 2. The lowest BCUT2D eigenvalue weighted by Gasteiger charge is -2.62. The van der Waals surface area contributed by atoms with Gasteiger partial charge in [-0.3, -0.25) is 4.79 Å². The second-order valence-electron chi connectivity index (χ2n) is 12.7. The second kappa shape index (κ2) is 7.25. The molecule has 0 bridgehead atoms. The van der Waals surface area contributed by atoms with Crippen LogP contribution in [0.5, 0.6) is 0 Å². The van der Waals surface area contributed by atoms with Crippen LogP contribution in [0.1, 0.15) is 98.8 Å². The van der Waals surface area contributed by atoms with E-state index in [0.717, 1.165) is 38.5 Å². The maximum absolute atomic E-state index is 15.4. The van der Waals surface area contributed by atoms with Crippen molar-refractivity contribution in [2.45, 2.75) is 110 Å². The molecule has 0 aromatic heterocycles. The summed E-state index contributed by atoms with van der Waals surface area (Å²) in [6, 6.07) is 0. The van der Waals surface area contributed by atoms with Crippen molar-refractivity contribution in [1.82, 2.24) is 0 Å². The molecule has 0 aliphatic heterocycles. The number of ketones is 1. The number of fused-ring (bicyclic) bond motifs is 5. The smallest absolute Gasteiger partial charge is 0.252 e. The number of halogens is 2. The van der Waals surface area contributed by atoms with Gasteiger partial charge in [-0.15, -0.1) is 0 Å². The summed E-state index contributed by atoms with van der Waals surface area (Å²) in [6.45, 7) is 10.6. The molecule has 0 amide bonds. The Labute approximate surface area is 181 Å². The van der Waals surface area contributed by atoms with Gasteiger partial charge in [-0.05, 0) is 99.2 Å². The van der Waals surface area contributed by atoms with Crippen LogP contribution in [0, 0.1) is 46.3 Å². The average molecular weight is 425 g/mol. The first-order valence-electron chi connectivity index (χ1n) is 12.4. The molecule has 0 unspecified atom stereocenters. The van der Waals surface area contributed by atoms with Gasteiger partial charge in [-0.25, -0.2) is 8.78 Å². The zero-order valence-corrected chi connectivity index (χ0v) is 19.6. The van der Waals surface area contributed by atoms with Crippen LogP contribution in [0.15, 0.2) is 0 Å². The minimum absolute atomic E-state index is 0.00374. The van der Waals surface area contributed by atoms with E-state index >= 15 is 8.78 Å². The lowest BCUT2D eigenvalue weighted by atomic mass is 9.43. The van der Waals surface area contributed by atoms with Crippen molar-refractivity contribution in [2.24, 2.45) is 46.3 Å². The number of alkyl halides is 2. The third-order valence-electron chi connectivity index (χ3n) is 10.4. The van der Waals surface area contributed by atoms with Gasteiger partial charge in [0.2, 0.25) is 0 Å². The fourth-order valence-electron chi connectivity index (χ4n) is 8.83. The van der Waals surface area contributed by atoms with Crippen LogP contribution >= 0.6 is 0 Å². The van der Waals surface area contributed by atoms with Gasteiger partial charge in [0, 0.05) is 25.2 Å². The molecule has 0 radical (unpaired) electrons. The molecule has 0 aromatic carbocycles.